The van der Waals surface area contributed by atoms with Gasteiger partial charge >= 0.3 is 0 Å². The molecular formula is C17H26NO2+. The molecule has 0 bridgehead atoms. The number of nitrogens with two attached hydrogens (primary N) is 1. The van der Waals surface area contributed by atoms with Crippen LogP contribution in [0.25, 0.3) is 0 Å². The van der Waals surface area contributed by atoms with Gasteiger partial charge in [-0.05, 0) is 30.5 Å². The second-order valence-corrected chi connectivity index (χ2v) is 6.45. The first-order valence-electron chi connectivity index (χ1n) is 7.90. The summed E-state index contributed by atoms with van der Waals surface area (Å²) in [4.78, 5) is 0. The molecule has 2 fully saturated rings. The fourth-order valence-corrected chi connectivity index (χ4v) is 4.14. The molecule has 0 radical (unpaired) electrons. The Labute approximate surface area is 121 Å². The quantitative estimate of drug-likeness (QED) is 0.879. The predicted octanol–water partition coefficient (Wildman–Crippen LogP) is 1.49. The number of aliphatic hydroxyl groups is 1. The molecule has 1 aliphatic carbocycles. The van der Waals surface area contributed by atoms with E-state index in [9.17, 15) is 5.11 Å². The molecule has 1 saturated heterocycles. The highest BCUT2D eigenvalue weighted by Crippen LogP contribution is 2.39. The third kappa shape index (κ3) is 2.70. The summed E-state index contributed by atoms with van der Waals surface area (Å²) in [5.41, 5.74) is 0.964. The molecule has 0 amide bonds. The number of methoxy groups -OCH3 is 1. The third-order valence-electron chi connectivity index (χ3n) is 5.26. The SMILES string of the molecule is COc1ccc(C[C@H]2[NH2+]CC[C@@]3(O)CCCC[C@@H]23)cc1. The topological polar surface area (TPSA) is 46.1 Å². The smallest absolute Gasteiger partial charge is 0.118 e. The summed E-state index contributed by atoms with van der Waals surface area (Å²) in [7, 11) is 1.70. The van der Waals surface area contributed by atoms with E-state index in [1.165, 1.54) is 24.8 Å². The van der Waals surface area contributed by atoms with Crippen LogP contribution in [-0.2, 0) is 6.42 Å². The summed E-state index contributed by atoms with van der Waals surface area (Å²) >= 11 is 0. The molecule has 1 aromatic carbocycles. The molecule has 1 saturated carbocycles. The highest BCUT2D eigenvalue weighted by molar-refractivity contribution is 5.27. The minimum absolute atomic E-state index is 0.385. The van der Waals surface area contributed by atoms with Gasteiger partial charge in [-0.3, -0.25) is 0 Å². The minimum Gasteiger partial charge on any atom is -0.497 e. The van der Waals surface area contributed by atoms with Crippen LogP contribution < -0.4 is 10.1 Å². The van der Waals surface area contributed by atoms with Gasteiger partial charge in [0.25, 0.3) is 0 Å². The van der Waals surface area contributed by atoms with E-state index in [-0.39, 0.29) is 5.60 Å². The van der Waals surface area contributed by atoms with E-state index in [2.05, 4.69) is 17.4 Å². The van der Waals surface area contributed by atoms with E-state index < -0.39 is 0 Å². The number of ether oxygens (including phenoxy) is 1. The Balaban J connectivity index is 1.71. The highest BCUT2D eigenvalue weighted by Gasteiger charge is 2.47. The number of hydrogen-bond acceptors (Lipinski definition) is 2. The largest absolute Gasteiger partial charge is 0.497 e. The van der Waals surface area contributed by atoms with Gasteiger partial charge in [0.2, 0.25) is 0 Å². The van der Waals surface area contributed by atoms with Crippen LogP contribution in [0.1, 0.15) is 37.7 Å². The van der Waals surface area contributed by atoms with Crippen LogP contribution in [0.4, 0.5) is 0 Å². The zero-order chi connectivity index (χ0) is 14.0. The van der Waals surface area contributed by atoms with Crippen LogP contribution in [0.5, 0.6) is 5.75 Å². The Morgan fingerprint density at radius 2 is 2.05 bits per heavy atom. The Bertz CT molecular complexity index is 441. The van der Waals surface area contributed by atoms with E-state index in [1.807, 2.05) is 12.1 Å². The molecule has 2 aliphatic rings. The molecule has 0 unspecified atom stereocenters. The van der Waals surface area contributed by atoms with Crippen molar-refractivity contribution in [3.63, 3.8) is 0 Å². The van der Waals surface area contributed by atoms with Crippen molar-refractivity contribution >= 4 is 0 Å². The maximum Gasteiger partial charge on any atom is 0.118 e. The number of benzene rings is 1. The first-order chi connectivity index (χ1) is 9.71. The first kappa shape index (κ1) is 13.9. The zero-order valence-corrected chi connectivity index (χ0v) is 12.3. The molecule has 3 atom stereocenters. The zero-order valence-electron chi connectivity index (χ0n) is 12.3. The summed E-state index contributed by atoms with van der Waals surface area (Å²) < 4.78 is 5.21. The van der Waals surface area contributed by atoms with Crippen molar-refractivity contribution in [2.45, 2.75) is 50.2 Å². The maximum absolute atomic E-state index is 10.9. The van der Waals surface area contributed by atoms with Crippen molar-refractivity contribution in [3.05, 3.63) is 29.8 Å². The van der Waals surface area contributed by atoms with Crippen molar-refractivity contribution in [2.75, 3.05) is 13.7 Å². The number of hydrogen-bond donors (Lipinski definition) is 2. The molecule has 3 rings (SSSR count). The van der Waals surface area contributed by atoms with Gasteiger partial charge in [-0.25, -0.2) is 0 Å². The van der Waals surface area contributed by atoms with Gasteiger partial charge in [0.1, 0.15) is 5.75 Å². The monoisotopic (exact) mass is 276 g/mol. The fourth-order valence-electron chi connectivity index (χ4n) is 4.14. The van der Waals surface area contributed by atoms with Crippen LogP contribution in [-0.4, -0.2) is 30.4 Å². The average molecular weight is 276 g/mol. The lowest BCUT2D eigenvalue weighted by Crippen LogP contribution is -2.96. The molecule has 0 aromatic heterocycles. The summed E-state index contributed by atoms with van der Waals surface area (Å²) in [6.07, 6.45) is 6.69. The van der Waals surface area contributed by atoms with E-state index in [0.717, 1.165) is 31.6 Å². The molecular weight excluding hydrogens is 250 g/mol. The molecule has 3 nitrogen and oxygen atoms in total. The van der Waals surface area contributed by atoms with Gasteiger partial charge in [0.05, 0.1) is 25.3 Å². The molecule has 3 heteroatoms. The normalized spacial score (nSPS) is 33.5. The Hall–Kier alpha value is -1.06. The second kappa shape index (κ2) is 5.74. The molecule has 1 aliphatic heterocycles. The average Bonchev–Trinajstić information content (AvgIpc) is 2.48. The van der Waals surface area contributed by atoms with Gasteiger partial charge in [-0.1, -0.05) is 25.0 Å². The van der Waals surface area contributed by atoms with Crippen LogP contribution in [0.3, 0.4) is 0 Å². The Kier molecular flexibility index (Phi) is 3.99. The van der Waals surface area contributed by atoms with Crippen LogP contribution >= 0.6 is 0 Å². The molecule has 110 valence electrons. The lowest BCUT2D eigenvalue weighted by Gasteiger charge is -2.46. The molecule has 1 aromatic rings. The van der Waals surface area contributed by atoms with Gasteiger partial charge in [0, 0.05) is 18.8 Å². The van der Waals surface area contributed by atoms with Gasteiger partial charge in [-0.15, -0.1) is 0 Å². The predicted molar refractivity (Wildman–Crippen MR) is 78.8 cm³/mol. The fraction of sp³-hybridized carbons (Fsp3) is 0.647. The Morgan fingerprint density at radius 1 is 1.25 bits per heavy atom. The van der Waals surface area contributed by atoms with E-state index >= 15 is 0 Å². The van der Waals surface area contributed by atoms with Crippen molar-refractivity contribution in [1.29, 1.82) is 0 Å². The second-order valence-electron chi connectivity index (χ2n) is 6.45. The van der Waals surface area contributed by atoms with Crippen molar-refractivity contribution < 1.29 is 15.2 Å². The van der Waals surface area contributed by atoms with Gasteiger partial charge < -0.3 is 15.2 Å². The Morgan fingerprint density at radius 3 is 2.80 bits per heavy atom. The lowest BCUT2D eigenvalue weighted by atomic mass is 9.67. The summed E-state index contributed by atoms with van der Waals surface area (Å²) in [6, 6.07) is 8.91. The molecule has 1 heterocycles. The summed E-state index contributed by atoms with van der Waals surface area (Å²) in [5, 5.41) is 13.3. The van der Waals surface area contributed by atoms with E-state index in [0.29, 0.717) is 12.0 Å². The van der Waals surface area contributed by atoms with Crippen molar-refractivity contribution in [1.82, 2.24) is 0 Å². The first-order valence-corrected chi connectivity index (χ1v) is 7.90. The maximum atomic E-state index is 10.9. The van der Waals surface area contributed by atoms with Crippen LogP contribution in [0, 0.1) is 5.92 Å². The van der Waals surface area contributed by atoms with Gasteiger partial charge in [-0.2, -0.15) is 0 Å². The standard InChI is InChI=1S/C17H25NO2/c1-20-14-7-5-13(6-8-14)12-16-15-4-2-3-9-17(15,19)10-11-18-16/h5-8,15-16,18-19H,2-4,9-12H2,1H3/p+1/t15-,16+,17-/m0/s1. The van der Waals surface area contributed by atoms with E-state index in [4.69, 9.17) is 4.74 Å². The third-order valence-corrected chi connectivity index (χ3v) is 5.26. The van der Waals surface area contributed by atoms with Crippen molar-refractivity contribution in [3.8, 4) is 5.75 Å². The number of piperidine rings is 1. The molecule has 20 heavy (non-hydrogen) atoms. The van der Waals surface area contributed by atoms with Crippen LogP contribution in [0.2, 0.25) is 0 Å². The summed E-state index contributed by atoms with van der Waals surface area (Å²) in [5.74, 6) is 1.38. The summed E-state index contributed by atoms with van der Waals surface area (Å²) in [6.45, 7) is 1.06. The minimum atomic E-state index is -0.385. The van der Waals surface area contributed by atoms with Gasteiger partial charge in [0.15, 0.2) is 0 Å². The highest BCUT2D eigenvalue weighted by atomic mass is 16.5. The van der Waals surface area contributed by atoms with Crippen LogP contribution in [0.15, 0.2) is 24.3 Å². The number of rotatable bonds is 3. The lowest BCUT2D eigenvalue weighted by molar-refractivity contribution is -0.712. The number of fused-ring (bicyclic) bond motifs is 1. The van der Waals surface area contributed by atoms with E-state index in [1.54, 1.807) is 7.11 Å². The molecule has 3 N–H and O–H groups in total. The van der Waals surface area contributed by atoms with Crippen molar-refractivity contribution in [2.24, 2.45) is 5.92 Å². The molecule has 0 spiro atoms. The number of quaternary nitrogens is 1.